The third-order valence-corrected chi connectivity index (χ3v) is 4.51. The molecule has 4 heterocycles. The van der Waals surface area contributed by atoms with Gasteiger partial charge in [-0.25, -0.2) is 9.37 Å². The summed E-state index contributed by atoms with van der Waals surface area (Å²) < 4.78 is 11.9. The summed E-state index contributed by atoms with van der Waals surface area (Å²) in [6.45, 7) is 0.0592. The van der Waals surface area contributed by atoms with Crippen LogP contribution in [0.3, 0.4) is 0 Å². The van der Waals surface area contributed by atoms with Gasteiger partial charge in [0.1, 0.15) is 5.69 Å². The summed E-state index contributed by atoms with van der Waals surface area (Å²) in [4.78, 5) is 43.1. The largest absolute Gasteiger partial charge is 0.461 e. The first kappa shape index (κ1) is 17.6. The molecule has 1 fully saturated rings. The summed E-state index contributed by atoms with van der Waals surface area (Å²) in [6, 6.07) is 3.89. The number of nitrogens with one attached hydrogen (secondary N) is 1. The molecular weight excluding hydrogens is 368 g/mol. The highest BCUT2D eigenvalue weighted by Crippen LogP contribution is 2.20. The SMILES string of the molecule is CN1C(=O)C2C(=NC=[N+]2CC(=O)NCc2cc(-c3ccco3)on2)N(C)C1=O. The quantitative estimate of drug-likeness (QED) is 0.717. The van der Waals surface area contributed by atoms with Crippen LogP contribution in [-0.4, -0.2) is 76.2 Å². The number of hydrogen-bond donors (Lipinski definition) is 1. The van der Waals surface area contributed by atoms with Crippen LogP contribution in [0.5, 0.6) is 0 Å². The fourth-order valence-electron chi connectivity index (χ4n) is 3.01. The Morgan fingerprint density at radius 2 is 2.11 bits per heavy atom. The van der Waals surface area contributed by atoms with E-state index >= 15 is 0 Å². The van der Waals surface area contributed by atoms with E-state index in [0.717, 1.165) is 4.90 Å². The first-order valence-corrected chi connectivity index (χ1v) is 8.44. The lowest BCUT2D eigenvalue weighted by Gasteiger charge is -2.30. The average Bonchev–Trinajstić information content (AvgIpc) is 3.43. The van der Waals surface area contributed by atoms with Gasteiger partial charge < -0.3 is 14.3 Å². The normalized spacial score (nSPS) is 18.9. The standard InChI is InChI=1S/C17H16N6O5/c1-21-15-14(16(25)22(2)17(21)26)23(9-19-15)8-13(24)18-7-10-6-12(28-20-10)11-4-3-5-27-11/h3-6,9,14H,7-8H2,1-2H3/p+1. The van der Waals surface area contributed by atoms with Gasteiger partial charge in [-0.3, -0.25) is 19.4 Å². The van der Waals surface area contributed by atoms with Crippen molar-refractivity contribution in [3.63, 3.8) is 0 Å². The van der Waals surface area contributed by atoms with E-state index in [1.807, 2.05) is 0 Å². The molecule has 0 aliphatic carbocycles. The van der Waals surface area contributed by atoms with Crippen LogP contribution in [0.1, 0.15) is 5.69 Å². The van der Waals surface area contributed by atoms with Gasteiger partial charge in [-0.15, -0.1) is 0 Å². The first-order valence-electron chi connectivity index (χ1n) is 8.44. The minimum Gasteiger partial charge on any atom is -0.461 e. The van der Waals surface area contributed by atoms with Crippen molar-refractivity contribution < 1.29 is 27.9 Å². The van der Waals surface area contributed by atoms with Crippen LogP contribution >= 0.6 is 0 Å². The van der Waals surface area contributed by atoms with Gasteiger partial charge in [-0.1, -0.05) is 5.16 Å². The molecule has 2 aromatic heterocycles. The molecule has 1 unspecified atom stereocenters. The van der Waals surface area contributed by atoms with E-state index in [4.69, 9.17) is 8.94 Å². The predicted octanol–water partition coefficient (Wildman–Crippen LogP) is -0.104. The summed E-state index contributed by atoms with van der Waals surface area (Å²) in [6.07, 6.45) is 2.92. The number of aromatic nitrogens is 1. The Labute approximate surface area is 158 Å². The van der Waals surface area contributed by atoms with E-state index < -0.39 is 18.0 Å². The first-order chi connectivity index (χ1) is 13.5. The molecular formula is C17H17N6O5+. The number of hydrogen-bond acceptors (Lipinski definition) is 7. The number of urea groups is 1. The zero-order valence-corrected chi connectivity index (χ0v) is 15.2. The van der Waals surface area contributed by atoms with Gasteiger partial charge in [0.15, 0.2) is 12.3 Å². The lowest BCUT2D eigenvalue weighted by molar-refractivity contribution is -0.519. The average molecular weight is 385 g/mol. The van der Waals surface area contributed by atoms with E-state index in [1.165, 1.54) is 36.2 Å². The number of furan rings is 1. The molecule has 0 radical (unpaired) electrons. The van der Waals surface area contributed by atoms with Gasteiger partial charge in [-0.2, -0.15) is 0 Å². The number of likely N-dealkylation sites (N-methyl/N-ethyl adjacent to an activating group) is 2. The Kier molecular flexibility index (Phi) is 4.26. The Hall–Kier alpha value is -3.76. The van der Waals surface area contributed by atoms with Crippen LogP contribution in [0.15, 0.2) is 38.4 Å². The monoisotopic (exact) mass is 385 g/mol. The number of carbonyl (C=O) groups excluding carboxylic acids is 3. The van der Waals surface area contributed by atoms with Crippen LogP contribution in [-0.2, 0) is 16.1 Å². The summed E-state index contributed by atoms with van der Waals surface area (Å²) >= 11 is 0. The van der Waals surface area contributed by atoms with E-state index in [1.54, 1.807) is 18.2 Å². The van der Waals surface area contributed by atoms with Crippen molar-refractivity contribution in [3.05, 3.63) is 30.2 Å². The molecule has 11 nitrogen and oxygen atoms in total. The maximum atomic E-state index is 12.4. The number of amidine groups is 1. The molecule has 2 aliphatic heterocycles. The van der Waals surface area contributed by atoms with Gasteiger partial charge in [0.05, 0.1) is 12.8 Å². The molecule has 28 heavy (non-hydrogen) atoms. The zero-order valence-electron chi connectivity index (χ0n) is 15.2. The van der Waals surface area contributed by atoms with Crippen molar-refractivity contribution in [1.82, 2.24) is 20.3 Å². The number of rotatable bonds is 5. The molecule has 0 bridgehead atoms. The van der Waals surface area contributed by atoms with E-state index in [9.17, 15) is 14.4 Å². The minimum absolute atomic E-state index is 0.0951. The summed E-state index contributed by atoms with van der Waals surface area (Å²) in [7, 11) is 2.94. The smallest absolute Gasteiger partial charge is 0.333 e. The summed E-state index contributed by atoms with van der Waals surface area (Å²) in [5.74, 6) is 0.553. The molecule has 0 spiro atoms. The van der Waals surface area contributed by atoms with Gasteiger partial charge in [0.2, 0.25) is 5.76 Å². The molecule has 0 aromatic carbocycles. The van der Waals surface area contributed by atoms with E-state index in [0.29, 0.717) is 23.1 Å². The van der Waals surface area contributed by atoms with Crippen molar-refractivity contribution in [2.75, 3.05) is 20.6 Å². The number of aliphatic imine (C=N–C) groups is 1. The molecule has 144 valence electrons. The third kappa shape index (κ3) is 2.96. The molecule has 1 saturated heterocycles. The van der Waals surface area contributed by atoms with Gasteiger partial charge in [0, 0.05) is 20.2 Å². The Balaban J connectivity index is 1.36. The van der Waals surface area contributed by atoms with E-state index in [2.05, 4.69) is 15.5 Å². The number of fused-ring (bicyclic) bond motifs is 1. The van der Waals surface area contributed by atoms with Crippen molar-refractivity contribution in [1.29, 1.82) is 0 Å². The molecule has 1 atom stereocenters. The zero-order chi connectivity index (χ0) is 19.8. The minimum atomic E-state index is -0.795. The van der Waals surface area contributed by atoms with Crippen molar-refractivity contribution >= 4 is 30.0 Å². The van der Waals surface area contributed by atoms with Crippen LogP contribution in [0, 0.1) is 0 Å². The molecule has 11 heteroatoms. The highest BCUT2D eigenvalue weighted by Gasteiger charge is 2.50. The fraction of sp³-hybridized carbons (Fsp3) is 0.294. The maximum absolute atomic E-state index is 12.4. The molecule has 4 rings (SSSR count). The summed E-state index contributed by atoms with van der Waals surface area (Å²) in [5.41, 5.74) is 0.529. The van der Waals surface area contributed by atoms with Crippen molar-refractivity contribution in [2.45, 2.75) is 12.6 Å². The number of amides is 4. The van der Waals surface area contributed by atoms with Crippen LogP contribution < -0.4 is 5.32 Å². The number of carbonyl (C=O) groups is 3. The number of nitrogens with zero attached hydrogens (tertiary/aromatic N) is 5. The van der Waals surface area contributed by atoms with Gasteiger partial charge in [0.25, 0.3) is 30.0 Å². The second-order valence-electron chi connectivity index (χ2n) is 6.35. The highest BCUT2D eigenvalue weighted by molar-refractivity contribution is 6.21. The predicted molar refractivity (Wildman–Crippen MR) is 94.4 cm³/mol. The Morgan fingerprint density at radius 1 is 1.29 bits per heavy atom. The van der Waals surface area contributed by atoms with Crippen LogP contribution in [0.25, 0.3) is 11.5 Å². The van der Waals surface area contributed by atoms with E-state index in [-0.39, 0.29) is 19.0 Å². The molecule has 0 saturated carbocycles. The Morgan fingerprint density at radius 3 is 2.86 bits per heavy atom. The van der Waals surface area contributed by atoms with Crippen molar-refractivity contribution in [2.24, 2.45) is 4.99 Å². The molecule has 1 N–H and O–H groups in total. The lowest BCUT2D eigenvalue weighted by atomic mass is 10.1. The molecule has 2 aromatic rings. The second kappa shape index (κ2) is 6.76. The second-order valence-corrected chi connectivity index (χ2v) is 6.35. The third-order valence-electron chi connectivity index (χ3n) is 4.51. The van der Waals surface area contributed by atoms with Gasteiger partial charge >= 0.3 is 6.03 Å². The lowest BCUT2D eigenvalue weighted by Crippen LogP contribution is -2.62. The summed E-state index contributed by atoms with van der Waals surface area (Å²) in [5, 5.41) is 6.60. The highest BCUT2D eigenvalue weighted by atomic mass is 16.5. The fourth-order valence-corrected chi connectivity index (χ4v) is 3.01. The van der Waals surface area contributed by atoms with Crippen LogP contribution in [0.2, 0.25) is 0 Å². The van der Waals surface area contributed by atoms with Gasteiger partial charge in [-0.05, 0) is 17.1 Å². The van der Waals surface area contributed by atoms with Crippen molar-refractivity contribution in [3.8, 4) is 11.5 Å². The Bertz CT molecular complexity index is 1010. The molecule has 2 aliphatic rings. The topological polar surface area (TPSA) is 124 Å². The number of imide groups is 1. The molecule has 4 amide bonds. The maximum Gasteiger partial charge on any atom is 0.333 e. The van der Waals surface area contributed by atoms with Crippen LogP contribution in [0.4, 0.5) is 4.79 Å².